The summed E-state index contributed by atoms with van der Waals surface area (Å²) < 4.78 is 5.92. The SMILES string of the molecule is CCC(c1ccc(Cl)cc1)(c1cn[nH]n1)N(C(=O)OC(C)(C)C)c1cccc2[nH]ccc12. The Hall–Kier alpha value is -3.32. The van der Waals surface area contributed by atoms with Crippen molar-refractivity contribution in [1.29, 1.82) is 0 Å². The Morgan fingerprint density at radius 1 is 1.12 bits per heavy atom. The van der Waals surface area contributed by atoms with Gasteiger partial charge in [0.25, 0.3) is 0 Å². The molecule has 1 amide bonds. The van der Waals surface area contributed by atoms with Gasteiger partial charge in [-0.25, -0.2) is 4.79 Å². The molecule has 4 aromatic rings. The Kier molecular flexibility index (Phi) is 5.69. The fourth-order valence-electron chi connectivity index (χ4n) is 4.09. The molecular weight excluding hydrogens is 426 g/mol. The maximum Gasteiger partial charge on any atom is 0.415 e. The van der Waals surface area contributed by atoms with Crippen LogP contribution in [-0.4, -0.2) is 32.1 Å². The molecule has 2 heterocycles. The van der Waals surface area contributed by atoms with Gasteiger partial charge in [0.2, 0.25) is 0 Å². The van der Waals surface area contributed by atoms with Gasteiger partial charge in [-0.05, 0) is 63.1 Å². The molecule has 4 rings (SSSR count). The Morgan fingerprint density at radius 2 is 1.88 bits per heavy atom. The second-order valence-corrected chi connectivity index (χ2v) is 9.04. The number of amides is 1. The number of aromatic amines is 2. The van der Waals surface area contributed by atoms with Crippen molar-refractivity contribution < 1.29 is 9.53 Å². The molecule has 0 saturated heterocycles. The smallest absolute Gasteiger partial charge is 0.415 e. The number of nitrogens with zero attached hydrogens (tertiary/aromatic N) is 3. The Labute approximate surface area is 191 Å². The van der Waals surface area contributed by atoms with Crippen LogP contribution in [-0.2, 0) is 10.3 Å². The number of carbonyl (C=O) groups is 1. The van der Waals surface area contributed by atoms with E-state index in [-0.39, 0.29) is 0 Å². The molecule has 8 heteroatoms. The highest BCUT2D eigenvalue weighted by Gasteiger charge is 2.47. The summed E-state index contributed by atoms with van der Waals surface area (Å²) >= 11 is 6.20. The lowest BCUT2D eigenvalue weighted by atomic mass is 9.82. The van der Waals surface area contributed by atoms with E-state index in [9.17, 15) is 4.79 Å². The maximum absolute atomic E-state index is 13.9. The molecule has 0 aliphatic rings. The fourth-order valence-corrected chi connectivity index (χ4v) is 4.22. The molecular formula is C24H26ClN5O2. The zero-order chi connectivity index (χ0) is 22.9. The lowest BCUT2D eigenvalue weighted by molar-refractivity contribution is 0.0542. The Morgan fingerprint density at radius 3 is 2.50 bits per heavy atom. The molecule has 0 aliphatic carbocycles. The molecule has 0 aliphatic heterocycles. The van der Waals surface area contributed by atoms with Gasteiger partial charge in [-0.1, -0.05) is 36.7 Å². The molecule has 2 N–H and O–H groups in total. The molecule has 0 fully saturated rings. The Bertz CT molecular complexity index is 1210. The van der Waals surface area contributed by atoms with Crippen molar-refractivity contribution in [3.63, 3.8) is 0 Å². The average molecular weight is 452 g/mol. The third kappa shape index (κ3) is 3.84. The van der Waals surface area contributed by atoms with Crippen LogP contribution in [0.15, 0.2) is 60.9 Å². The van der Waals surface area contributed by atoms with E-state index in [2.05, 4.69) is 20.4 Å². The molecule has 0 radical (unpaired) electrons. The molecule has 1 atom stereocenters. The largest absolute Gasteiger partial charge is 0.443 e. The van der Waals surface area contributed by atoms with Gasteiger partial charge in [0.05, 0.1) is 11.9 Å². The van der Waals surface area contributed by atoms with Crippen LogP contribution in [0.3, 0.4) is 0 Å². The second-order valence-electron chi connectivity index (χ2n) is 8.61. The van der Waals surface area contributed by atoms with E-state index in [1.165, 1.54) is 0 Å². The highest BCUT2D eigenvalue weighted by atomic mass is 35.5. The summed E-state index contributed by atoms with van der Waals surface area (Å²) in [4.78, 5) is 18.8. The van der Waals surface area contributed by atoms with E-state index in [1.807, 2.05) is 82.4 Å². The van der Waals surface area contributed by atoms with Gasteiger partial charge < -0.3 is 9.72 Å². The number of benzene rings is 2. The summed E-state index contributed by atoms with van der Waals surface area (Å²) in [6.45, 7) is 7.57. The van der Waals surface area contributed by atoms with Gasteiger partial charge in [-0.2, -0.15) is 15.4 Å². The quantitative estimate of drug-likeness (QED) is 0.387. The average Bonchev–Trinajstić information content (AvgIpc) is 3.43. The minimum Gasteiger partial charge on any atom is -0.443 e. The number of hydrogen-bond acceptors (Lipinski definition) is 4. The summed E-state index contributed by atoms with van der Waals surface area (Å²) in [7, 11) is 0. The lowest BCUT2D eigenvalue weighted by Crippen LogP contribution is -2.52. The number of hydrogen-bond donors (Lipinski definition) is 2. The number of ether oxygens (including phenoxy) is 1. The van der Waals surface area contributed by atoms with E-state index in [0.29, 0.717) is 22.8 Å². The summed E-state index contributed by atoms with van der Waals surface area (Å²) in [6, 6.07) is 15.2. The molecule has 32 heavy (non-hydrogen) atoms. The first-order chi connectivity index (χ1) is 15.3. The van der Waals surface area contributed by atoms with Crippen LogP contribution in [0.1, 0.15) is 45.4 Å². The van der Waals surface area contributed by atoms with Crippen molar-refractivity contribution >= 4 is 34.3 Å². The van der Waals surface area contributed by atoms with Crippen molar-refractivity contribution in [2.75, 3.05) is 4.90 Å². The van der Waals surface area contributed by atoms with Gasteiger partial charge in [-0.15, -0.1) is 0 Å². The molecule has 2 aromatic heterocycles. The molecule has 2 aromatic carbocycles. The number of halogens is 1. The number of rotatable bonds is 5. The summed E-state index contributed by atoms with van der Waals surface area (Å²) in [6.07, 6.45) is 3.53. The summed E-state index contributed by atoms with van der Waals surface area (Å²) in [5, 5.41) is 12.7. The van der Waals surface area contributed by atoms with Gasteiger partial charge in [0.1, 0.15) is 16.8 Å². The standard InChI is InChI=1S/C24H26ClN5O2/c1-5-24(21-15-27-29-28-21,16-9-11-17(25)12-10-16)30(22(31)32-23(2,3)4)20-8-6-7-19-18(20)13-14-26-19/h6-15,26H,5H2,1-4H3,(H,27,28,29). The van der Waals surface area contributed by atoms with Crippen LogP contribution >= 0.6 is 11.6 Å². The van der Waals surface area contributed by atoms with Crippen molar-refractivity contribution in [2.45, 2.75) is 45.3 Å². The molecule has 1 unspecified atom stereocenters. The van der Waals surface area contributed by atoms with E-state index < -0.39 is 17.2 Å². The predicted molar refractivity (Wildman–Crippen MR) is 126 cm³/mol. The fraction of sp³-hybridized carbons (Fsp3) is 0.292. The van der Waals surface area contributed by atoms with Crippen LogP contribution in [0.4, 0.5) is 10.5 Å². The third-order valence-electron chi connectivity index (χ3n) is 5.44. The first-order valence-corrected chi connectivity index (χ1v) is 10.9. The topological polar surface area (TPSA) is 86.9 Å². The van der Waals surface area contributed by atoms with Crippen LogP contribution < -0.4 is 4.90 Å². The number of carbonyl (C=O) groups excluding carboxylic acids is 1. The first kappa shape index (κ1) is 21.9. The number of H-pyrrole nitrogens is 2. The van der Waals surface area contributed by atoms with Crippen molar-refractivity contribution in [1.82, 2.24) is 20.4 Å². The van der Waals surface area contributed by atoms with E-state index >= 15 is 0 Å². The van der Waals surface area contributed by atoms with Gasteiger partial charge in [0, 0.05) is 22.1 Å². The number of aromatic nitrogens is 4. The molecule has 166 valence electrons. The molecule has 0 bridgehead atoms. The van der Waals surface area contributed by atoms with Crippen LogP contribution in [0, 0.1) is 0 Å². The molecule has 0 saturated carbocycles. The lowest BCUT2D eigenvalue weighted by Gasteiger charge is -2.43. The summed E-state index contributed by atoms with van der Waals surface area (Å²) in [5.41, 5.74) is 1.38. The predicted octanol–water partition coefficient (Wildman–Crippen LogP) is 6.03. The Balaban J connectivity index is 2.04. The zero-order valence-corrected chi connectivity index (χ0v) is 19.3. The summed E-state index contributed by atoms with van der Waals surface area (Å²) in [5.74, 6) is 0. The van der Waals surface area contributed by atoms with E-state index in [1.54, 1.807) is 11.1 Å². The van der Waals surface area contributed by atoms with Gasteiger partial charge in [-0.3, -0.25) is 4.90 Å². The van der Waals surface area contributed by atoms with Crippen molar-refractivity contribution in [3.05, 3.63) is 77.2 Å². The van der Waals surface area contributed by atoms with Crippen molar-refractivity contribution in [3.8, 4) is 0 Å². The highest BCUT2D eigenvalue weighted by molar-refractivity contribution is 6.30. The normalized spacial score (nSPS) is 13.7. The zero-order valence-electron chi connectivity index (χ0n) is 18.5. The number of fused-ring (bicyclic) bond motifs is 1. The number of nitrogens with one attached hydrogen (secondary N) is 2. The van der Waals surface area contributed by atoms with E-state index in [0.717, 1.165) is 16.5 Å². The molecule has 0 spiro atoms. The maximum atomic E-state index is 13.9. The van der Waals surface area contributed by atoms with Gasteiger partial charge >= 0.3 is 6.09 Å². The monoisotopic (exact) mass is 451 g/mol. The van der Waals surface area contributed by atoms with Crippen LogP contribution in [0.2, 0.25) is 5.02 Å². The third-order valence-corrected chi connectivity index (χ3v) is 5.69. The van der Waals surface area contributed by atoms with Crippen LogP contribution in [0.5, 0.6) is 0 Å². The molecule has 7 nitrogen and oxygen atoms in total. The second kappa shape index (κ2) is 8.31. The minimum atomic E-state index is -0.995. The first-order valence-electron chi connectivity index (χ1n) is 10.5. The minimum absolute atomic E-state index is 0.481. The van der Waals surface area contributed by atoms with Crippen LogP contribution in [0.25, 0.3) is 10.9 Å². The van der Waals surface area contributed by atoms with Crippen molar-refractivity contribution in [2.24, 2.45) is 0 Å². The highest BCUT2D eigenvalue weighted by Crippen LogP contribution is 2.44. The van der Waals surface area contributed by atoms with Gasteiger partial charge in [0.15, 0.2) is 0 Å². The number of anilines is 1. The van der Waals surface area contributed by atoms with E-state index in [4.69, 9.17) is 16.3 Å².